The van der Waals surface area contributed by atoms with Crippen molar-refractivity contribution in [3.8, 4) is 23.0 Å². The van der Waals surface area contributed by atoms with Crippen molar-refractivity contribution >= 4 is 5.69 Å². The number of pyridine rings is 1. The third-order valence-corrected chi connectivity index (χ3v) is 3.61. The molecule has 3 rings (SSSR count). The maximum absolute atomic E-state index is 4.07. The van der Waals surface area contributed by atoms with Gasteiger partial charge in [0.05, 0.1) is 6.54 Å². The zero-order valence-corrected chi connectivity index (χ0v) is 13.1. The number of nitrogens with zero attached hydrogens (tertiary/aromatic N) is 1. The van der Waals surface area contributed by atoms with Crippen LogP contribution in [0.4, 0.5) is 5.69 Å². The Kier molecular flexibility index (Phi) is 4.71. The number of hydrogen-bond acceptors (Lipinski definition) is 2. The highest BCUT2D eigenvalue weighted by Crippen LogP contribution is 2.25. The number of rotatable bonds is 3. The van der Waals surface area contributed by atoms with Crippen molar-refractivity contribution in [2.24, 2.45) is 0 Å². The summed E-state index contributed by atoms with van der Waals surface area (Å²) >= 11 is 0. The molecule has 23 heavy (non-hydrogen) atoms. The first kappa shape index (κ1) is 14.9. The fourth-order valence-electron chi connectivity index (χ4n) is 2.44. The van der Waals surface area contributed by atoms with Gasteiger partial charge >= 0.3 is 0 Å². The Morgan fingerprint density at radius 2 is 1.74 bits per heavy atom. The van der Waals surface area contributed by atoms with Crippen LogP contribution >= 0.6 is 0 Å². The van der Waals surface area contributed by atoms with Gasteiger partial charge in [-0.15, -0.1) is 0 Å². The average Bonchev–Trinajstić information content (AvgIpc) is 2.60. The molecule has 1 N–H and O–H groups in total. The van der Waals surface area contributed by atoms with Crippen LogP contribution in [0.25, 0.3) is 11.1 Å². The Morgan fingerprint density at radius 3 is 2.48 bits per heavy atom. The molecule has 2 heteroatoms. The van der Waals surface area contributed by atoms with E-state index in [2.05, 4.69) is 47.3 Å². The third kappa shape index (κ3) is 3.99. The lowest BCUT2D eigenvalue weighted by Gasteiger charge is -2.09. The second-order valence-corrected chi connectivity index (χ2v) is 5.29. The lowest BCUT2D eigenvalue weighted by Crippen LogP contribution is -1.99. The van der Waals surface area contributed by atoms with Crippen molar-refractivity contribution in [3.63, 3.8) is 0 Å². The van der Waals surface area contributed by atoms with Crippen LogP contribution in [0.3, 0.4) is 0 Å². The number of aryl methyl sites for hydroxylation is 1. The van der Waals surface area contributed by atoms with Gasteiger partial charge in [-0.05, 0) is 60.0 Å². The molecule has 112 valence electrons. The van der Waals surface area contributed by atoms with Crippen LogP contribution in [-0.4, -0.2) is 11.5 Å². The van der Waals surface area contributed by atoms with Crippen LogP contribution < -0.4 is 5.32 Å². The van der Waals surface area contributed by atoms with Crippen LogP contribution in [0.15, 0.2) is 73.1 Å². The Hall–Kier alpha value is -3.05. The van der Waals surface area contributed by atoms with E-state index in [1.165, 1.54) is 16.7 Å². The first-order chi connectivity index (χ1) is 11.3. The molecule has 0 spiro atoms. The molecule has 0 saturated heterocycles. The van der Waals surface area contributed by atoms with E-state index in [-0.39, 0.29) is 0 Å². The first-order valence-corrected chi connectivity index (χ1v) is 7.62. The van der Waals surface area contributed by atoms with Gasteiger partial charge in [0.15, 0.2) is 0 Å². The number of aromatic nitrogens is 1. The molecule has 0 fully saturated rings. The minimum Gasteiger partial charge on any atom is -0.374 e. The zero-order valence-electron chi connectivity index (χ0n) is 13.1. The van der Waals surface area contributed by atoms with E-state index in [1.807, 2.05) is 54.9 Å². The SMILES string of the molecule is Cc1cc(NCC#Cc2ccccc2)ccc1-c1ccncc1. The Labute approximate surface area is 137 Å². The van der Waals surface area contributed by atoms with Crippen molar-refractivity contribution < 1.29 is 0 Å². The van der Waals surface area contributed by atoms with Gasteiger partial charge in [-0.1, -0.05) is 36.1 Å². The highest BCUT2D eigenvalue weighted by atomic mass is 14.8. The number of anilines is 1. The number of hydrogen-bond donors (Lipinski definition) is 1. The maximum atomic E-state index is 4.07. The second-order valence-electron chi connectivity index (χ2n) is 5.29. The molecule has 2 aromatic carbocycles. The molecule has 0 radical (unpaired) electrons. The molecular formula is C21H18N2. The van der Waals surface area contributed by atoms with Gasteiger partial charge in [0.2, 0.25) is 0 Å². The molecule has 0 aliphatic carbocycles. The van der Waals surface area contributed by atoms with Crippen LogP contribution in [0, 0.1) is 18.8 Å². The lowest BCUT2D eigenvalue weighted by atomic mass is 10.0. The van der Waals surface area contributed by atoms with Gasteiger partial charge in [0.1, 0.15) is 0 Å². The average molecular weight is 298 g/mol. The quantitative estimate of drug-likeness (QED) is 0.719. The highest BCUT2D eigenvalue weighted by molar-refractivity contribution is 5.69. The summed E-state index contributed by atoms with van der Waals surface area (Å²) in [5.74, 6) is 6.29. The molecule has 0 atom stereocenters. The summed E-state index contributed by atoms with van der Waals surface area (Å²) < 4.78 is 0. The molecule has 0 aliphatic heterocycles. The molecule has 0 amide bonds. The van der Waals surface area contributed by atoms with Gasteiger partial charge in [-0.3, -0.25) is 4.98 Å². The fraction of sp³-hybridized carbons (Fsp3) is 0.0952. The van der Waals surface area contributed by atoms with E-state index >= 15 is 0 Å². The van der Waals surface area contributed by atoms with E-state index in [0.717, 1.165) is 11.3 Å². The molecule has 0 bridgehead atoms. The van der Waals surface area contributed by atoms with Gasteiger partial charge in [0, 0.05) is 23.6 Å². The van der Waals surface area contributed by atoms with Crippen molar-refractivity contribution in [1.29, 1.82) is 0 Å². The summed E-state index contributed by atoms with van der Waals surface area (Å²) in [6.45, 7) is 2.75. The van der Waals surface area contributed by atoms with Crippen LogP contribution in [-0.2, 0) is 0 Å². The van der Waals surface area contributed by atoms with Gasteiger partial charge in [0.25, 0.3) is 0 Å². The Bertz CT molecular complexity index is 828. The number of benzene rings is 2. The summed E-state index contributed by atoms with van der Waals surface area (Å²) in [4.78, 5) is 4.07. The van der Waals surface area contributed by atoms with Crippen molar-refractivity contribution in [2.75, 3.05) is 11.9 Å². The molecule has 0 aliphatic rings. The molecule has 1 heterocycles. The largest absolute Gasteiger partial charge is 0.374 e. The van der Waals surface area contributed by atoms with Gasteiger partial charge in [-0.25, -0.2) is 0 Å². The predicted molar refractivity (Wildman–Crippen MR) is 96.2 cm³/mol. The highest BCUT2D eigenvalue weighted by Gasteiger charge is 2.02. The first-order valence-electron chi connectivity index (χ1n) is 7.62. The maximum Gasteiger partial charge on any atom is 0.0769 e. The summed E-state index contributed by atoms with van der Waals surface area (Å²) in [5.41, 5.74) is 5.78. The molecule has 1 aromatic heterocycles. The molecule has 0 saturated carbocycles. The van der Waals surface area contributed by atoms with E-state index < -0.39 is 0 Å². The van der Waals surface area contributed by atoms with E-state index in [0.29, 0.717) is 6.54 Å². The Morgan fingerprint density at radius 1 is 0.957 bits per heavy atom. The molecule has 2 nitrogen and oxygen atoms in total. The minimum atomic E-state index is 0.628. The monoisotopic (exact) mass is 298 g/mol. The molecule has 0 unspecified atom stereocenters. The van der Waals surface area contributed by atoms with E-state index in [1.54, 1.807) is 0 Å². The number of nitrogens with one attached hydrogen (secondary N) is 1. The molecule has 3 aromatic rings. The van der Waals surface area contributed by atoms with Crippen molar-refractivity contribution in [2.45, 2.75) is 6.92 Å². The smallest absolute Gasteiger partial charge is 0.0769 e. The van der Waals surface area contributed by atoms with Crippen molar-refractivity contribution in [3.05, 3.63) is 84.2 Å². The van der Waals surface area contributed by atoms with Gasteiger partial charge < -0.3 is 5.32 Å². The van der Waals surface area contributed by atoms with Crippen LogP contribution in [0.1, 0.15) is 11.1 Å². The summed E-state index contributed by atoms with van der Waals surface area (Å²) in [5, 5.41) is 3.35. The Balaban J connectivity index is 1.66. The summed E-state index contributed by atoms with van der Waals surface area (Å²) in [7, 11) is 0. The third-order valence-electron chi connectivity index (χ3n) is 3.61. The van der Waals surface area contributed by atoms with Crippen LogP contribution in [0.2, 0.25) is 0 Å². The fourth-order valence-corrected chi connectivity index (χ4v) is 2.44. The topological polar surface area (TPSA) is 24.9 Å². The van der Waals surface area contributed by atoms with E-state index in [9.17, 15) is 0 Å². The predicted octanol–water partition coefficient (Wildman–Crippen LogP) is 4.52. The van der Waals surface area contributed by atoms with Crippen LogP contribution in [0.5, 0.6) is 0 Å². The summed E-state index contributed by atoms with van der Waals surface area (Å²) in [6, 6.07) is 20.5. The lowest BCUT2D eigenvalue weighted by molar-refractivity contribution is 1.32. The zero-order chi connectivity index (χ0) is 15.9. The van der Waals surface area contributed by atoms with E-state index in [4.69, 9.17) is 0 Å². The van der Waals surface area contributed by atoms with Crippen molar-refractivity contribution in [1.82, 2.24) is 4.98 Å². The minimum absolute atomic E-state index is 0.628. The second kappa shape index (κ2) is 7.29. The standard InChI is InChI=1S/C21H18N2/c1-17-16-20(9-10-21(17)19-11-14-22-15-12-19)23-13-5-8-18-6-3-2-4-7-18/h2-4,6-7,9-12,14-16,23H,13H2,1H3. The normalized spacial score (nSPS) is 9.78. The molecular weight excluding hydrogens is 280 g/mol. The van der Waals surface area contributed by atoms with Gasteiger partial charge in [-0.2, -0.15) is 0 Å². The summed E-state index contributed by atoms with van der Waals surface area (Å²) in [6.07, 6.45) is 3.64.